The monoisotopic (exact) mass is 186 g/mol. The van der Waals surface area contributed by atoms with E-state index >= 15 is 0 Å². The van der Waals surface area contributed by atoms with Crippen molar-refractivity contribution in [1.82, 2.24) is 9.80 Å². The standard InChI is InChI=1S/C10H22N2O/c1-9(2)6-12-5-4-11(3)10(7-12)8-13/h9-10,13H,4-8H2,1-3H3. The topological polar surface area (TPSA) is 26.7 Å². The van der Waals surface area contributed by atoms with Crippen molar-refractivity contribution in [3.8, 4) is 0 Å². The Morgan fingerprint density at radius 3 is 2.62 bits per heavy atom. The van der Waals surface area contributed by atoms with Gasteiger partial charge in [-0.15, -0.1) is 0 Å². The van der Waals surface area contributed by atoms with E-state index in [2.05, 4.69) is 30.7 Å². The maximum Gasteiger partial charge on any atom is 0.0599 e. The fourth-order valence-corrected chi connectivity index (χ4v) is 1.89. The average molecular weight is 186 g/mol. The van der Waals surface area contributed by atoms with Crippen molar-refractivity contribution in [3.63, 3.8) is 0 Å². The van der Waals surface area contributed by atoms with Crippen molar-refractivity contribution in [1.29, 1.82) is 0 Å². The van der Waals surface area contributed by atoms with Crippen molar-refractivity contribution in [3.05, 3.63) is 0 Å². The molecule has 1 aliphatic rings. The molecule has 1 rings (SSSR count). The second kappa shape index (κ2) is 4.94. The average Bonchev–Trinajstić information content (AvgIpc) is 2.07. The minimum absolute atomic E-state index is 0.283. The second-order valence-electron chi connectivity index (χ2n) is 4.47. The molecule has 3 nitrogen and oxygen atoms in total. The zero-order chi connectivity index (χ0) is 9.84. The first kappa shape index (κ1) is 11.0. The Kier molecular flexibility index (Phi) is 4.16. The van der Waals surface area contributed by atoms with Crippen molar-refractivity contribution in [2.24, 2.45) is 5.92 Å². The number of piperazine rings is 1. The molecule has 1 saturated heterocycles. The molecule has 1 unspecified atom stereocenters. The summed E-state index contributed by atoms with van der Waals surface area (Å²) in [5.41, 5.74) is 0. The molecule has 0 aromatic rings. The van der Waals surface area contributed by atoms with Crippen LogP contribution in [0.25, 0.3) is 0 Å². The van der Waals surface area contributed by atoms with Gasteiger partial charge in [0.1, 0.15) is 0 Å². The van der Waals surface area contributed by atoms with Gasteiger partial charge in [0, 0.05) is 32.2 Å². The second-order valence-corrected chi connectivity index (χ2v) is 4.47. The van der Waals surface area contributed by atoms with Crippen LogP contribution in [0.3, 0.4) is 0 Å². The molecule has 0 saturated carbocycles. The molecular weight excluding hydrogens is 164 g/mol. The largest absolute Gasteiger partial charge is 0.395 e. The first-order valence-corrected chi connectivity index (χ1v) is 5.17. The van der Waals surface area contributed by atoms with Gasteiger partial charge in [0.15, 0.2) is 0 Å². The van der Waals surface area contributed by atoms with E-state index < -0.39 is 0 Å². The normalized spacial score (nSPS) is 27.0. The van der Waals surface area contributed by atoms with Gasteiger partial charge in [0.25, 0.3) is 0 Å². The van der Waals surface area contributed by atoms with Gasteiger partial charge in [0.2, 0.25) is 0 Å². The maximum atomic E-state index is 9.15. The van der Waals surface area contributed by atoms with Crippen LogP contribution in [-0.4, -0.2) is 60.8 Å². The molecule has 78 valence electrons. The van der Waals surface area contributed by atoms with Crippen LogP contribution >= 0.6 is 0 Å². The fourth-order valence-electron chi connectivity index (χ4n) is 1.89. The summed E-state index contributed by atoms with van der Waals surface area (Å²) in [6.07, 6.45) is 0. The number of hydrogen-bond acceptors (Lipinski definition) is 3. The number of hydrogen-bond donors (Lipinski definition) is 1. The van der Waals surface area contributed by atoms with E-state index in [0.29, 0.717) is 6.04 Å². The number of likely N-dealkylation sites (N-methyl/N-ethyl adjacent to an activating group) is 1. The lowest BCUT2D eigenvalue weighted by atomic mass is 10.1. The van der Waals surface area contributed by atoms with Crippen molar-refractivity contribution in [2.45, 2.75) is 19.9 Å². The van der Waals surface area contributed by atoms with Gasteiger partial charge in [0.05, 0.1) is 6.61 Å². The highest BCUT2D eigenvalue weighted by atomic mass is 16.3. The Balaban J connectivity index is 2.36. The molecule has 0 bridgehead atoms. The maximum absolute atomic E-state index is 9.15. The van der Waals surface area contributed by atoms with Crippen LogP contribution in [0.2, 0.25) is 0 Å². The van der Waals surface area contributed by atoms with Crippen molar-refractivity contribution in [2.75, 3.05) is 39.8 Å². The molecule has 0 aromatic heterocycles. The summed E-state index contributed by atoms with van der Waals surface area (Å²) in [5, 5.41) is 9.15. The third-order valence-corrected chi connectivity index (χ3v) is 2.70. The predicted octanol–water partition coefficient (Wildman–Crippen LogP) is 0.251. The molecule has 1 atom stereocenters. The molecule has 1 aliphatic heterocycles. The highest BCUT2D eigenvalue weighted by molar-refractivity contribution is 4.79. The summed E-state index contributed by atoms with van der Waals surface area (Å²) in [6.45, 7) is 9.17. The Morgan fingerprint density at radius 1 is 1.38 bits per heavy atom. The first-order valence-electron chi connectivity index (χ1n) is 5.17. The van der Waals surface area contributed by atoms with E-state index in [1.807, 2.05) is 0 Å². The van der Waals surface area contributed by atoms with E-state index in [1.165, 1.54) is 0 Å². The van der Waals surface area contributed by atoms with Crippen LogP contribution in [-0.2, 0) is 0 Å². The first-order chi connectivity index (χ1) is 6.13. The summed E-state index contributed by atoms with van der Waals surface area (Å²) >= 11 is 0. The lowest BCUT2D eigenvalue weighted by molar-refractivity contribution is 0.0523. The van der Waals surface area contributed by atoms with E-state index in [4.69, 9.17) is 5.11 Å². The van der Waals surface area contributed by atoms with Crippen LogP contribution in [0, 0.1) is 5.92 Å². The number of rotatable bonds is 3. The summed E-state index contributed by atoms with van der Waals surface area (Å²) in [5.74, 6) is 0.725. The molecule has 0 aromatic carbocycles. The zero-order valence-electron chi connectivity index (χ0n) is 9.03. The predicted molar refractivity (Wildman–Crippen MR) is 54.8 cm³/mol. The summed E-state index contributed by atoms with van der Waals surface area (Å²) in [4.78, 5) is 4.70. The van der Waals surface area contributed by atoms with Gasteiger partial charge in [-0.3, -0.25) is 4.90 Å². The molecular formula is C10H22N2O. The van der Waals surface area contributed by atoms with Crippen molar-refractivity contribution < 1.29 is 5.11 Å². The third-order valence-electron chi connectivity index (χ3n) is 2.70. The summed E-state index contributed by atoms with van der Waals surface area (Å²) in [7, 11) is 2.09. The Bertz CT molecular complexity index is 150. The fraction of sp³-hybridized carbons (Fsp3) is 1.00. The number of aliphatic hydroxyl groups is 1. The number of nitrogens with zero attached hydrogens (tertiary/aromatic N) is 2. The molecule has 0 radical (unpaired) electrons. The van der Waals surface area contributed by atoms with Crippen LogP contribution in [0.15, 0.2) is 0 Å². The van der Waals surface area contributed by atoms with Gasteiger partial charge < -0.3 is 10.0 Å². The minimum Gasteiger partial charge on any atom is -0.395 e. The Morgan fingerprint density at radius 2 is 2.08 bits per heavy atom. The van der Waals surface area contributed by atoms with E-state index in [0.717, 1.165) is 32.1 Å². The third kappa shape index (κ3) is 3.25. The van der Waals surface area contributed by atoms with E-state index in [9.17, 15) is 0 Å². The lowest BCUT2D eigenvalue weighted by Crippen LogP contribution is -2.53. The molecule has 1 fully saturated rings. The molecule has 13 heavy (non-hydrogen) atoms. The van der Waals surface area contributed by atoms with Gasteiger partial charge >= 0.3 is 0 Å². The summed E-state index contributed by atoms with van der Waals surface area (Å²) in [6, 6.07) is 0.340. The van der Waals surface area contributed by atoms with Gasteiger partial charge in [-0.2, -0.15) is 0 Å². The Hall–Kier alpha value is -0.120. The molecule has 1 heterocycles. The van der Waals surface area contributed by atoms with E-state index in [1.54, 1.807) is 0 Å². The quantitative estimate of drug-likeness (QED) is 0.684. The van der Waals surface area contributed by atoms with Gasteiger partial charge in [-0.05, 0) is 13.0 Å². The van der Waals surface area contributed by atoms with Gasteiger partial charge in [-0.1, -0.05) is 13.8 Å². The highest BCUT2D eigenvalue weighted by Crippen LogP contribution is 2.08. The van der Waals surface area contributed by atoms with Crippen LogP contribution in [0.4, 0.5) is 0 Å². The number of aliphatic hydroxyl groups excluding tert-OH is 1. The van der Waals surface area contributed by atoms with Crippen molar-refractivity contribution >= 4 is 0 Å². The SMILES string of the molecule is CC(C)CN1CCN(C)C(CO)C1. The molecule has 1 N–H and O–H groups in total. The van der Waals surface area contributed by atoms with Crippen LogP contribution < -0.4 is 0 Å². The lowest BCUT2D eigenvalue weighted by Gasteiger charge is -2.39. The zero-order valence-corrected chi connectivity index (χ0v) is 9.03. The van der Waals surface area contributed by atoms with Gasteiger partial charge in [-0.25, -0.2) is 0 Å². The summed E-state index contributed by atoms with van der Waals surface area (Å²) < 4.78 is 0. The highest BCUT2D eigenvalue weighted by Gasteiger charge is 2.23. The molecule has 0 spiro atoms. The minimum atomic E-state index is 0.283. The van der Waals surface area contributed by atoms with Crippen LogP contribution in [0.5, 0.6) is 0 Å². The Labute approximate surface area is 81.3 Å². The molecule has 3 heteroatoms. The van der Waals surface area contributed by atoms with E-state index in [-0.39, 0.29) is 6.61 Å². The molecule has 0 aliphatic carbocycles. The van der Waals surface area contributed by atoms with Crippen LogP contribution in [0.1, 0.15) is 13.8 Å². The smallest absolute Gasteiger partial charge is 0.0599 e. The molecule has 0 amide bonds.